The molecule has 70 valence electrons. The molecule has 3 nitrogen and oxygen atoms in total. The molecule has 0 saturated carbocycles. The van der Waals surface area contributed by atoms with Crippen LogP contribution in [0.4, 0.5) is 0 Å². The van der Waals surface area contributed by atoms with Crippen LogP contribution in [0.2, 0.25) is 0 Å². The van der Waals surface area contributed by atoms with Crippen molar-refractivity contribution in [3.63, 3.8) is 0 Å². The van der Waals surface area contributed by atoms with E-state index in [9.17, 15) is 0 Å². The predicted molar refractivity (Wildman–Crippen MR) is 51.6 cm³/mol. The minimum absolute atomic E-state index is 1.00. The summed E-state index contributed by atoms with van der Waals surface area (Å²) in [5.41, 5.74) is 8.32. The average Bonchev–Trinajstić information content (AvgIpc) is 2.14. The molecule has 0 radical (unpaired) electrons. The molecule has 0 aromatic heterocycles. The van der Waals surface area contributed by atoms with E-state index in [-0.39, 0.29) is 0 Å². The van der Waals surface area contributed by atoms with Crippen LogP contribution < -0.4 is 5.73 Å². The van der Waals surface area contributed by atoms with E-state index in [1.807, 2.05) is 0 Å². The van der Waals surface area contributed by atoms with Crippen molar-refractivity contribution in [1.29, 1.82) is 0 Å². The van der Waals surface area contributed by atoms with Crippen LogP contribution in [0.5, 0.6) is 0 Å². The molecule has 0 fully saturated rings. The summed E-state index contributed by atoms with van der Waals surface area (Å²) in [5.74, 6) is 0. The van der Waals surface area contributed by atoms with Gasteiger partial charge in [0, 0.05) is 51.4 Å². The minimum Gasteiger partial charge on any atom is -0.401 e. The maximum Gasteiger partial charge on any atom is 0.0331 e. The molecule has 0 unspecified atom stereocenters. The third-order valence-corrected chi connectivity index (χ3v) is 2.40. The zero-order chi connectivity index (χ0) is 9.14. The molecule has 1 aliphatic heterocycles. The number of nitrogens with two attached hydrogens (primary N) is 1. The van der Waals surface area contributed by atoms with Crippen LogP contribution >= 0.6 is 0 Å². The van der Waals surface area contributed by atoms with E-state index < -0.39 is 0 Å². The SMILES string of the molecule is CN1CCC(N)=C(N(C)C)CC1. The van der Waals surface area contributed by atoms with Crippen molar-refractivity contribution >= 4 is 0 Å². The highest BCUT2D eigenvalue weighted by Crippen LogP contribution is 2.15. The first-order valence-electron chi connectivity index (χ1n) is 4.44. The van der Waals surface area contributed by atoms with Gasteiger partial charge >= 0.3 is 0 Å². The van der Waals surface area contributed by atoms with E-state index in [1.165, 1.54) is 5.70 Å². The van der Waals surface area contributed by atoms with E-state index in [0.29, 0.717) is 0 Å². The molecule has 0 amide bonds. The summed E-state index contributed by atoms with van der Waals surface area (Å²) in [6.45, 7) is 2.21. The molecule has 0 aliphatic carbocycles. The molecule has 1 aliphatic rings. The maximum absolute atomic E-state index is 5.95. The average molecular weight is 169 g/mol. The molecule has 1 rings (SSSR count). The Bertz CT molecular complexity index is 184. The lowest BCUT2D eigenvalue weighted by Crippen LogP contribution is -2.20. The fraction of sp³-hybridized carbons (Fsp3) is 0.778. The van der Waals surface area contributed by atoms with Gasteiger partial charge < -0.3 is 15.5 Å². The van der Waals surface area contributed by atoms with E-state index in [4.69, 9.17) is 5.73 Å². The molecule has 0 atom stereocenters. The van der Waals surface area contributed by atoms with Gasteiger partial charge in [0.05, 0.1) is 0 Å². The fourth-order valence-corrected chi connectivity index (χ4v) is 1.54. The molecule has 0 saturated heterocycles. The van der Waals surface area contributed by atoms with Crippen LogP contribution in [0.15, 0.2) is 11.4 Å². The second-order valence-electron chi connectivity index (χ2n) is 3.67. The summed E-state index contributed by atoms with van der Waals surface area (Å²) in [4.78, 5) is 4.46. The molecule has 2 N–H and O–H groups in total. The van der Waals surface area contributed by atoms with Crippen molar-refractivity contribution < 1.29 is 0 Å². The topological polar surface area (TPSA) is 32.5 Å². The van der Waals surface area contributed by atoms with Gasteiger partial charge in [0.25, 0.3) is 0 Å². The van der Waals surface area contributed by atoms with Crippen molar-refractivity contribution in [1.82, 2.24) is 9.80 Å². The first-order valence-corrected chi connectivity index (χ1v) is 4.44. The van der Waals surface area contributed by atoms with Gasteiger partial charge in [-0.2, -0.15) is 0 Å². The highest BCUT2D eigenvalue weighted by Gasteiger charge is 2.12. The summed E-state index contributed by atoms with van der Waals surface area (Å²) in [6, 6.07) is 0. The van der Waals surface area contributed by atoms with Crippen LogP contribution in [0.1, 0.15) is 12.8 Å². The summed E-state index contributed by atoms with van der Waals surface area (Å²) in [6.07, 6.45) is 2.08. The molecule has 0 aromatic carbocycles. The second kappa shape index (κ2) is 3.81. The fourth-order valence-electron chi connectivity index (χ4n) is 1.54. The Morgan fingerprint density at radius 1 is 1.25 bits per heavy atom. The number of nitrogens with zero attached hydrogens (tertiary/aromatic N) is 2. The molecule has 0 spiro atoms. The molecular formula is C9H19N3. The Labute approximate surface area is 74.8 Å². The number of rotatable bonds is 1. The third-order valence-electron chi connectivity index (χ3n) is 2.40. The largest absolute Gasteiger partial charge is 0.401 e. The maximum atomic E-state index is 5.95. The van der Waals surface area contributed by atoms with Gasteiger partial charge in [-0.25, -0.2) is 0 Å². The lowest BCUT2D eigenvalue weighted by molar-refractivity contribution is 0.343. The molecule has 3 heteroatoms. The van der Waals surface area contributed by atoms with Crippen LogP contribution in [-0.2, 0) is 0 Å². The second-order valence-corrected chi connectivity index (χ2v) is 3.67. The van der Waals surface area contributed by atoms with Gasteiger partial charge in [0.2, 0.25) is 0 Å². The highest BCUT2D eigenvalue weighted by molar-refractivity contribution is 5.11. The van der Waals surface area contributed by atoms with Crippen molar-refractivity contribution in [3.05, 3.63) is 11.4 Å². The zero-order valence-corrected chi connectivity index (χ0v) is 8.30. The van der Waals surface area contributed by atoms with E-state index in [2.05, 4.69) is 30.9 Å². The van der Waals surface area contributed by atoms with Crippen molar-refractivity contribution in [3.8, 4) is 0 Å². The first-order chi connectivity index (χ1) is 5.61. The van der Waals surface area contributed by atoms with Crippen molar-refractivity contribution in [2.75, 3.05) is 34.2 Å². The van der Waals surface area contributed by atoms with Gasteiger partial charge in [-0.05, 0) is 7.05 Å². The van der Waals surface area contributed by atoms with Crippen LogP contribution in [0.3, 0.4) is 0 Å². The standard InChI is InChI=1S/C9H19N3/c1-11(2)9-5-7-12(3)6-4-8(9)10/h4-7,10H2,1-3H3. The van der Waals surface area contributed by atoms with E-state index in [1.54, 1.807) is 0 Å². The van der Waals surface area contributed by atoms with Crippen LogP contribution in [0, 0.1) is 0 Å². The van der Waals surface area contributed by atoms with E-state index in [0.717, 1.165) is 31.6 Å². The van der Waals surface area contributed by atoms with Gasteiger partial charge in [0.15, 0.2) is 0 Å². The highest BCUT2D eigenvalue weighted by atomic mass is 15.1. The Hall–Kier alpha value is -0.700. The Morgan fingerprint density at radius 2 is 1.83 bits per heavy atom. The third kappa shape index (κ3) is 2.14. The summed E-state index contributed by atoms with van der Waals surface area (Å²) < 4.78 is 0. The van der Waals surface area contributed by atoms with Crippen molar-refractivity contribution in [2.24, 2.45) is 5.73 Å². The Balaban J connectivity index is 2.68. The summed E-state index contributed by atoms with van der Waals surface area (Å²) in [7, 11) is 6.27. The molecule has 1 heterocycles. The van der Waals surface area contributed by atoms with E-state index >= 15 is 0 Å². The summed E-state index contributed by atoms with van der Waals surface area (Å²) in [5, 5.41) is 0. The lowest BCUT2D eigenvalue weighted by atomic mass is 10.2. The van der Waals surface area contributed by atoms with Gasteiger partial charge in [0.1, 0.15) is 0 Å². The minimum atomic E-state index is 1.00. The zero-order valence-electron chi connectivity index (χ0n) is 8.30. The summed E-state index contributed by atoms with van der Waals surface area (Å²) >= 11 is 0. The smallest absolute Gasteiger partial charge is 0.0331 e. The molecule has 12 heavy (non-hydrogen) atoms. The predicted octanol–water partition coefficient (Wildman–Crippen LogP) is 0.444. The molecule has 0 aromatic rings. The Morgan fingerprint density at radius 3 is 2.42 bits per heavy atom. The molecule has 0 bridgehead atoms. The number of hydrogen-bond donors (Lipinski definition) is 1. The van der Waals surface area contributed by atoms with Crippen LogP contribution in [-0.4, -0.2) is 44.0 Å². The monoisotopic (exact) mass is 169 g/mol. The van der Waals surface area contributed by atoms with Gasteiger partial charge in [-0.15, -0.1) is 0 Å². The first kappa shape index (κ1) is 9.39. The Kier molecular flexibility index (Phi) is 2.98. The van der Waals surface area contributed by atoms with Crippen LogP contribution in [0.25, 0.3) is 0 Å². The number of hydrogen-bond acceptors (Lipinski definition) is 3. The van der Waals surface area contributed by atoms with Gasteiger partial charge in [-0.1, -0.05) is 0 Å². The molecular weight excluding hydrogens is 150 g/mol. The van der Waals surface area contributed by atoms with Crippen molar-refractivity contribution in [2.45, 2.75) is 12.8 Å². The quantitative estimate of drug-likeness (QED) is 0.618. The van der Waals surface area contributed by atoms with Gasteiger partial charge in [-0.3, -0.25) is 0 Å². The lowest BCUT2D eigenvalue weighted by Gasteiger charge is -2.18. The normalized spacial score (nSPS) is 20.9.